The highest BCUT2D eigenvalue weighted by Gasteiger charge is 2.52. The van der Waals surface area contributed by atoms with Gasteiger partial charge in [-0.25, -0.2) is 4.79 Å². The van der Waals surface area contributed by atoms with E-state index in [0.717, 1.165) is 24.5 Å². The van der Waals surface area contributed by atoms with Crippen LogP contribution in [0.15, 0.2) is 0 Å². The second kappa shape index (κ2) is 5.40. The van der Waals surface area contributed by atoms with Crippen molar-refractivity contribution in [3.05, 3.63) is 0 Å². The number of hydrogen-bond acceptors (Lipinski definition) is 4. The quantitative estimate of drug-likeness (QED) is 0.715. The summed E-state index contributed by atoms with van der Waals surface area (Å²) < 4.78 is 0. The lowest BCUT2D eigenvalue weighted by Crippen LogP contribution is -2.55. The molecule has 0 aliphatic carbocycles. The van der Waals surface area contributed by atoms with Crippen molar-refractivity contribution in [1.29, 1.82) is 0 Å². The highest BCUT2D eigenvalue weighted by molar-refractivity contribution is 6.08. The molecule has 0 radical (unpaired) electrons. The first-order valence-corrected chi connectivity index (χ1v) is 6.92. The molecule has 2 saturated heterocycles. The van der Waals surface area contributed by atoms with Crippen LogP contribution in [0.5, 0.6) is 0 Å². The molecule has 112 valence electrons. The first kappa shape index (κ1) is 14.8. The van der Waals surface area contributed by atoms with E-state index in [2.05, 4.69) is 24.1 Å². The Morgan fingerprint density at radius 3 is 2.45 bits per heavy atom. The number of carbonyl (C=O) groups excluding carboxylic acids is 2. The summed E-state index contributed by atoms with van der Waals surface area (Å²) in [6, 6.07) is -0.588. The number of rotatable bonds is 4. The van der Waals surface area contributed by atoms with Crippen molar-refractivity contribution in [2.24, 2.45) is 5.92 Å². The highest BCUT2D eigenvalue weighted by Crippen LogP contribution is 2.29. The number of aliphatic carboxylic acids is 1. The number of urea groups is 1. The summed E-state index contributed by atoms with van der Waals surface area (Å²) >= 11 is 0. The molecule has 2 aliphatic heterocycles. The van der Waals surface area contributed by atoms with Crippen LogP contribution in [0.2, 0.25) is 0 Å². The van der Waals surface area contributed by atoms with Crippen LogP contribution in [0.4, 0.5) is 4.79 Å². The van der Waals surface area contributed by atoms with Crippen LogP contribution in [0.25, 0.3) is 0 Å². The fourth-order valence-corrected chi connectivity index (χ4v) is 2.93. The number of amides is 3. The first-order valence-electron chi connectivity index (χ1n) is 6.92. The van der Waals surface area contributed by atoms with E-state index in [1.54, 1.807) is 0 Å². The Balaban J connectivity index is 2.02. The van der Waals surface area contributed by atoms with Gasteiger partial charge in [0, 0.05) is 19.6 Å². The molecule has 7 nitrogen and oxygen atoms in total. The third-order valence-electron chi connectivity index (χ3n) is 3.87. The van der Waals surface area contributed by atoms with Gasteiger partial charge in [-0.2, -0.15) is 0 Å². The summed E-state index contributed by atoms with van der Waals surface area (Å²) in [5.41, 5.74) is -0.889. The normalized spacial score (nSPS) is 22.6. The minimum Gasteiger partial charge on any atom is -0.480 e. The Bertz CT molecular complexity index is 427. The number of hydrogen-bond donors (Lipinski definition) is 2. The van der Waals surface area contributed by atoms with Crippen LogP contribution in [0, 0.1) is 5.92 Å². The average Bonchev–Trinajstić information content (AvgIpc) is 2.56. The molecule has 0 bridgehead atoms. The van der Waals surface area contributed by atoms with Crippen molar-refractivity contribution in [3.8, 4) is 0 Å². The summed E-state index contributed by atoms with van der Waals surface area (Å²) in [7, 11) is 0. The lowest BCUT2D eigenvalue weighted by atomic mass is 9.87. The van der Waals surface area contributed by atoms with Gasteiger partial charge < -0.3 is 15.3 Å². The van der Waals surface area contributed by atoms with Crippen molar-refractivity contribution in [2.45, 2.75) is 32.2 Å². The molecule has 0 aromatic carbocycles. The predicted molar refractivity (Wildman–Crippen MR) is 71.1 cm³/mol. The topological polar surface area (TPSA) is 90.0 Å². The van der Waals surface area contributed by atoms with Crippen LogP contribution in [0.3, 0.4) is 0 Å². The van der Waals surface area contributed by atoms with Gasteiger partial charge in [0.2, 0.25) is 0 Å². The molecule has 20 heavy (non-hydrogen) atoms. The molecule has 2 aliphatic rings. The Morgan fingerprint density at radius 1 is 1.35 bits per heavy atom. The first-order chi connectivity index (χ1) is 9.34. The van der Waals surface area contributed by atoms with E-state index in [1.165, 1.54) is 0 Å². The van der Waals surface area contributed by atoms with Crippen molar-refractivity contribution in [3.63, 3.8) is 0 Å². The van der Waals surface area contributed by atoms with Crippen LogP contribution < -0.4 is 5.32 Å². The molecule has 0 saturated carbocycles. The SMILES string of the molecule is CC(C)CN1CCC2(CC1)NC(=O)N(CC(=O)O)C2=O. The molecule has 0 atom stereocenters. The number of nitrogens with one attached hydrogen (secondary N) is 1. The lowest BCUT2D eigenvalue weighted by Gasteiger charge is -2.37. The smallest absolute Gasteiger partial charge is 0.325 e. The largest absolute Gasteiger partial charge is 0.480 e. The molecule has 1 spiro atoms. The van der Waals surface area contributed by atoms with E-state index in [4.69, 9.17) is 5.11 Å². The molecule has 3 amide bonds. The second-order valence-electron chi connectivity index (χ2n) is 5.99. The van der Waals surface area contributed by atoms with Gasteiger partial charge in [-0.1, -0.05) is 13.8 Å². The summed E-state index contributed by atoms with van der Waals surface area (Å²) in [5.74, 6) is -1.02. The van der Waals surface area contributed by atoms with Crippen molar-refractivity contribution < 1.29 is 19.5 Å². The van der Waals surface area contributed by atoms with E-state index in [-0.39, 0.29) is 0 Å². The lowest BCUT2D eigenvalue weighted by molar-refractivity contribution is -0.143. The van der Waals surface area contributed by atoms with E-state index in [0.29, 0.717) is 18.8 Å². The molecule has 0 aromatic heterocycles. The van der Waals surface area contributed by atoms with Gasteiger partial charge in [-0.05, 0) is 18.8 Å². The molecule has 0 aromatic rings. The summed E-state index contributed by atoms with van der Waals surface area (Å²) in [6.07, 6.45) is 1.08. The fraction of sp³-hybridized carbons (Fsp3) is 0.769. The zero-order valence-corrected chi connectivity index (χ0v) is 11.9. The average molecular weight is 283 g/mol. The van der Waals surface area contributed by atoms with E-state index < -0.39 is 30.0 Å². The maximum atomic E-state index is 12.3. The molecular formula is C13H21N3O4. The number of carbonyl (C=O) groups is 3. The molecular weight excluding hydrogens is 262 g/mol. The van der Waals surface area contributed by atoms with Crippen molar-refractivity contribution in [2.75, 3.05) is 26.2 Å². The van der Waals surface area contributed by atoms with Gasteiger partial charge in [-0.3, -0.25) is 14.5 Å². The van der Waals surface area contributed by atoms with E-state index in [1.807, 2.05) is 0 Å². The maximum Gasteiger partial charge on any atom is 0.325 e. The molecule has 2 fully saturated rings. The zero-order valence-electron chi connectivity index (χ0n) is 11.9. The van der Waals surface area contributed by atoms with Crippen LogP contribution in [0.1, 0.15) is 26.7 Å². The van der Waals surface area contributed by atoms with Gasteiger partial charge in [0.05, 0.1) is 0 Å². The van der Waals surface area contributed by atoms with Crippen molar-refractivity contribution in [1.82, 2.24) is 15.1 Å². The Morgan fingerprint density at radius 2 is 1.95 bits per heavy atom. The van der Waals surface area contributed by atoms with Crippen LogP contribution in [-0.2, 0) is 9.59 Å². The Kier molecular flexibility index (Phi) is 3.99. The third-order valence-corrected chi connectivity index (χ3v) is 3.87. The number of carboxylic acid groups (broad SMARTS) is 1. The highest BCUT2D eigenvalue weighted by atomic mass is 16.4. The molecule has 7 heteroatoms. The number of carboxylic acids is 1. The van der Waals surface area contributed by atoms with Gasteiger partial charge in [0.25, 0.3) is 5.91 Å². The second-order valence-corrected chi connectivity index (χ2v) is 5.99. The van der Waals surface area contributed by atoms with Crippen molar-refractivity contribution >= 4 is 17.9 Å². The molecule has 2 heterocycles. The minimum atomic E-state index is -1.18. The van der Waals surface area contributed by atoms with Crippen LogP contribution in [-0.4, -0.2) is 64.5 Å². The monoisotopic (exact) mass is 283 g/mol. The van der Waals surface area contributed by atoms with Gasteiger partial charge in [-0.15, -0.1) is 0 Å². The number of likely N-dealkylation sites (tertiary alicyclic amines) is 1. The summed E-state index contributed by atoms with van der Waals surface area (Å²) in [4.78, 5) is 37.9. The third kappa shape index (κ3) is 2.77. The zero-order chi connectivity index (χ0) is 14.9. The Labute approximate surface area is 117 Å². The molecule has 2 N–H and O–H groups in total. The summed E-state index contributed by atoms with van der Waals surface area (Å²) in [6.45, 7) is 6.17. The van der Waals surface area contributed by atoms with Gasteiger partial charge in [0.1, 0.15) is 12.1 Å². The predicted octanol–water partition coefficient (Wildman–Crippen LogP) is 0.113. The van der Waals surface area contributed by atoms with Gasteiger partial charge in [0.15, 0.2) is 0 Å². The number of imide groups is 1. The number of nitrogens with zero attached hydrogens (tertiary/aromatic N) is 2. The minimum absolute atomic E-state index is 0.394. The fourth-order valence-electron chi connectivity index (χ4n) is 2.93. The molecule has 2 rings (SSSR count). The Hall–Kier alpha value is -1.63. The van der Waals surface area contributed by atoms with Gasteiger partial charge >= 0.3 is 12.0 Å². The van der Waals surface area contributed by atoms with E-state index >= 15 is 0 Å². The molecule has 0 unspecified atom stereocenters. The summed E-state index contributed by atoms with van der Waals surface area (Å²) in [5, 5.41) is 11.5. The van der Waals surface area contributed by atoms with Crippen LogP contribution >= 0.6 is 0 Å². The van der Waals surface area contributed by atoms with E-state index in [9.17, 15) is 14.4 Å². The maximum absolute atomic E-state index is 12.3. The standard InChI is InChI=1S/C13H21N3O4/c1-9(2)7-15-5-3-13(4-6-15)11(19)16(8-10(17)18)12(20)14-13/h9H,3-8H2,1-2H3,(H,14,20)(H,17,18). The number of piperidine rings is 1.